The minimum Gasteiger partial charge on any atom is -0.335 e. The topological polar surface area (TPSA) is 42.2 Å². The van der Waals surface area contributed by atoms with Crippen LogP contribution in [0.5, 0.6) is 0 Å². The Kier molecular flexibility index (Phi) is 2.94. The number of aryl methyl sites for hydroxylation is 1. The van der Waals surface area contributed by atoms with E-state index >= 15 is 0 Å². The van der Waals surface area contributed by atoms with E-state index in [1.165, 1.54) is 6.07 Å². The van der Waals surface area contributed by atoms with Crippen molar-refractivity contribution in [2.75, 3.05) is 5.32 Å². The summed E-state index contributed by atoms with van der Waals surface area (Å²) >= 11 is 3.32. The van der Waals surface area contributed by atoms with Crippen molar-refractivity contribution in [3.8, 4) is 0 Å². The fourth-order valence-electron chi connectivity index (χ4n) is 1.85. The van der Waals surface area contributed by atoms with Crippen LogP contribution in [0.3, 0.4) is 0 Å². The van der Waals surface area contributed by atoms with Crippen LogP contribution in [0.2, 0.25) is 0 Å². The van der Waals surface area contributed by atoms with Gasteiger partial charge in [-0.2, -0.15) is 0 Å². The molecular weight excluding hydrogens is 311 g/mol. The smallest absolute Gasteiger partial charge is 0.180 e. The Bertz CT molecular complexity index is 753. The summed E-state index contributed by atoms with van der Waals surface area (Å²) in [6, 6.07) is 4.88. The van der Waals surface area contributed by atoms with E-state index in [1.807, 2.05) is 11.3 Å². The highest BCUT2D eigenvalue weighted by Gasteiger charge is 2.09. The number of nitrogens with one attached hydrogen (secondary N) is 1. The molecule has 0 amide bonds. The standard InChI is InChI=1S/C13H10BrFN4/c1-8-2-3-9(15)10(6-8)17-12-13-16-4-5-19(13)7-11(14)18-12/h2-7H,1H3,(H,17,18). The van der Waals surface area contributed by atoms with Crippen LogP contribution >= 0.6 is 15.9 Å². The number of nitrogens with zero attached hydrogens (tertiary/aromatic N) is 3. The van der Waals surface area contributed by atoms with Gasteiger partial charge in [0.2, 0.25) is 0 Å². The first-order valence-electron chi connectivity index (χ1n) is 5.66. The lowest BCUT2D eigenvalue weighted by atomic mass is 10.2. The van der Waals surface area contributed by atoms with Crippen molar-refractivity contribution in [3.05, 3.63) is 52.8 Å². The molecule has 19 heavy (non-hydrogen) atoms. The van der Waals surface area contributed by atoms with Crippen molar-refractivity contribution in [1.29, 1.82) is 0 Å². The van der Waals surface area contributed by atoms with Crippen LogP contribution in [-0.4, -0.2) is 14.4 Å². The Hall–Kier alpha value is -1.95. The quantitative estimate of drug-likeness (QED) is 0.783. The van der Waals surface area contributed by atoms with E-state index < -0.39 is 0 Å². The fraction of sp³-hybridized carbons (Fsp3) is 0.0769. The summed E-state index contributed by atoms with van der Waals surface area (Å²) in [5, 5.41) is 2.98. The summed E-state index contributed by atoms with van der Waals surface area (Å²) in [5.74, 6) is 0.181. The van der Waals surface area contributed by atoms with Gasteiger partial charge in [0.25, 0.3) is 0 Å². The Balaban J connectivity index is 2.10. The Labute approximate surface area is 117 Å². The van der Waals surface area contributed by atoms with Crippen LogP contribution in [0.4, 0.5) is 15.9 Å². The zero-order valence-electron chi connectivity index (χ0n) is 10.1. The summed E-state index contributed by atoms with van der Waals surface area (Å²) in [7, 11) is 0. The molecule has 0 aliphatic carbocycles. The molecule has 3 aromatic rings. The Morgan fingerprint density at radius 1 is 1.37 bits per heavy atom. The lowest BCUT2D eigenvalue weighted by molar-refractivity contribution is 0.631. The average Bonchev–Trinajstić information content (AvgIpc) is 2.82. The third kappa shape index (κ3) is 2.31. The molecule has 0 aliphatic rings. The van der Waals surface area contributed by atoms with E-state index in [9.17, 15) is 4.39 Å². The van der Waals surface area contributed by atoms with Crippen molar-refractivity contribution in [2.24, 2.45) is 0 Å². The van der Waals surface area contributed by atoms with Gasteiger partial charge in [-0.15, -0.1) is 0 Å². The van der Waals surface area contributed by atoms with Crippen LogP contribution in [-0.2, 0) is 0 Å². The van der Waals surface area contributed by atoms with E-state index in [0.717, 1.165) is 5.56 Å². The largest absolute Gasteiger partial charge is 0.335 e. The second-order valence-electron chi connectivity index (χ2n) is 4.18. The molecule has 6 heteroatoms. The van der Waals surface area contributed by atoms with Gasteiger partial charge in [-0.25, -0.2) is 14.4 Å². The zero-order chi connectivity index (χ0) is 13.4. The molecule has 0 saturated heterocycles. The monoisotopic (exact) mass is 320 g/mol. The maximum Gasteiger partial charge on any atom is 0.180 e. The molecule has 1 N–H and O–H groups in total. The highest BCUT2D eigenvalue weighted by Crippen LogP contribution is 2.24. The van der Waals surface area contributed by atoms with Gasteiger partial charge < -0.3 is 9.72 Å². The number of halogens is 2. The normalized spacial score (nSPS) is 10.9. The van der Waals surface area contributed by atoms with Crippen molar-refractivity contribution in [2.45, 2.75) is 6.92 Å². The van der Waals surface area contributed by atoms with Gasteiger partial charge in [-0.1, -0.05) is 6.07 Å². The molecule has 0 spiro atoms. The zero-order valence-corrected chi connectivity index (χ0v) is 11.6. The van der Waals surface area contributed by atoms with Crippen molar-refractivity contribution in [1.82, 2.24) is 14.4 Å². The maximum atomic E-state index is 13.8. The van der Waals surface area contributed by atoms with Crippen LogP contribution in [0.25, 0.3) is 5.65 Å². The first-order valence-corrected chi connectivity index (χ1v) is 6.45. The second-order valence-corrected chi connectivity index (χ2v) is 4.99. The third-order valence-corrected chi connectivity index (χ3v) is 3.10. The summed E-state index contributed by atoms with van der Waals surface area (Å²) in [5.41, 5.74) is 2.00. The minimum atomic E-state index is -0.322. The summed E-state index contributed by atoms with van der Waals surface area (Å²) in [6.07, 6.45) is 5.26. The molecular formula is C13H10BrFN4. The van der Waals surface area contributed by atoms with Crippen molar-refractivity contribution in [3.63, 3.8) is 0 Å². The molecule has 4 nitrogen and oxygen atoms in total. The first-order chi connectivity index (χ1) is 9.13. The van der Waals surface area contributed by atoms with Gasteiger partial charge in [-0.3, -0.25) is 0 Å². The van der Waals surface area contributed by atoms with Gasteiger partial charge in [0.15, 0.2) is 11.5 Å². The Morgan fingerprint density at radius 2 is 2.21 bits per heavy atom. The van der Waals surface area contributed by atoms with E-state index in [2.05, 4.69) is 31.2 Å². The molecule has 0 saturated carbocycles. The number of imidazole rings is 1. The SMILES string of the molecule is Cc1ccc(F)c(Nc2nc(Br)cn3ccnc23)c1. The van der Waals surface area contributed by atoms with Crippen LogP contribution in [0.1, 0.15) is 5.56 Å². The molecule has 0 aliphatic heterocycles. The van der Waals surface area contributed by atoms with Gasteiger partial charge in [0.1, 0.15) is 10.4 Å². The first kappa shape index (κ1) is 12.1. The van der Waals surface area contributed by atoms with E-state index in [4.69, 9.17) is 0 Å². The van der Waals surface area contributed by atoms with Crippen molar-refractivity contribution < 1.29 is 4.39 Å². The Morgan fingerprint density at radius 3 is 3.05 bits per heavy atom. The molecule has 3 rings (SSSR count). The summed E-state index contributed by atoms with van der Waals surface area (Å²) in [6.45, 7) is 1.91. The molecule has 2 heterocycles. The summed E-state index contributed by atoms with van der Waals surface area (Å²) < 4.78 is 16.2. The minimum absolute atomic E-state index is 0.322. The molecule has 1 aromatic carbocycles. The number of hydrogen-bond acceptors (Lipinski definition) is 3. The lowest BCUT2D eigenvalue weighted by Gasteiger charge is -2.09. The van der Waals surface area contributed by atoms with Gasteiger partial charge in [0.05, 0.1) is 5.69 Å². The highest BCUT2D eigenvalue weighted by atomic mass is 79.9. The van der Waals surface area contributed by atoms with Crippen molar-refractivity contribution >= 4 is 33.1 Å². The highest BCUT2D eigenvalue weighted by molar-refractivity contribution is 9.10. The number of hydrogen-bond donors (Lipinski definition) is 1. The van der Waals surface area contributed by atoms with E-state index in [-0.39, 0.29) is 5.82 Å². The number of fused-ring (bicyclic) bond motifs is 1. The molecule has 0 fully saturated rings. The number of rotatable bonds is 2. The molecule has 0 radical (unpaired) electrons. The number of anilines is 2. The predicted octanol–water partition coefficient (Wildman–Crippen LogP) is 3.68. The lowest BCUT2D eigenvalue weighted by Crippen LogP contribution is -2.00. The van der Waals surface area contributed by atoms with E-state index in [1.54, 1.807) is 30.7 Å². The van der Waals surface area contributed by atoms with Crippen LogP contribution in [0.15, 0.2) is 41.4 Å². The average molecular weight is 321 g/mol. The second kappa shape index (κ2) is 4.62. The fourth-order valence-corrected chi connectivity index (χ4v) is 2.25. The molecule has 0 bridgehead atoms. The van der Waals surface area contributed by atoms with Gasteiger partial charge >= 0.3 is 0 Å². The molecule has 0 unspecified atom stereocenters. The predicted molar refractivity (Wildman–Crippen MR) is 75.1 cm³/mol. The van der Waals surface area contributed by atoms with Crippen LogP contribution < -0.4 is 5.32 Å². The third-order valence-electron chi connectivity index (χ3n) is 2.72. The molecule has 96 valence electrons. The van der Waals surface area contributed by atoms with Crippen LogP contribution in [0, 0.1) is 12.7 Å². The molecule has 2 aromatic heterocycles. The van der Waals surface area contributed by atoms with Gasteiger partial charge in [-0.05, 0) is 40.5 Å². The maximum absolute atomic E-state index is 13.8. The van der Waals surface area contributed by atoms with E-state index in [0.29, 0.717) is 21.8 Å². The number of aromatic nitrogens is 3. The van der Waals surface area contributed by atoms with Gasteiger partial charge in [0, 0.05) is 18.6 Å². The summed E-state index contributed by atoms with van der Waals surface area (Å²) in [4.78, 5) is 8.50. The number of benzene rings is 1. The molecule has 0 atom stereocenters.